The number of hydrogen-bond acceptors (Lipinski definition) is 5. The summed E-state index contributed by atoms with van der Waals surface area (Å²) in [6.07, 6.45) is 1.23. The summed E-state index contributed by atoms with van der Waals surface area (Å²) in [6.45, 7) is 3.79. The molecule has 23 heavy (non-hydrogen) atoms. The molecule has 0 spiro atoms. The average Bonchev–Trinajstić information content (AvgIpc) is 2.84. The molecule has 2 heterocycles. The number of anilines is 1. The third kappa shape index (κ3) is 3.23. The number of hydrogen-bond donors (Lipinski definition) is 1. The Morgan fingerprint density at radius 2 is 1.83 bits per heavy atom. The van der Waals surface area contributed by atoms with Gasteiger partial charge < -0.3 is 9.84 Å². The molecule has 0 saturated carbocycles. The molecule has 1 unspecified atom stereocenters. The van der Waals surface area contributed by atoms with Gasteiger partial charge in [0.1, 0.15) is 5.75 Å². The second-order valence-electron chi connectivity index (χ2n) is 5.98. The second-order valence-corrected chi connectivity index (χ2v) is 5.98. The van der Waals surface area contributed by atoms with E-state index in [0.29, 0.717) is 38.2 Å². The van der Waals surface area contributed by atoms with E-state index in [4.69, 9.17) is 4.74 Å². The lowest BCUT2D eigenvalue weighted by atomic mass is 10.1. The molecular formula is C17H22N2O4. The first-order chi connectivity index (χ1) is 11.1. The van der Waals surface area contributed by atoms with Crippen molar-refractivity contribution >= 4 is 17.5 Å². The molecule has 2 saturated heterocycles. The van der Waals surface area contributed by atoms with Crippen molar-refractivity contribution in [3.8, 4) is 5.75 Å². The summed E-state index contributed by atoms with van der Waals surface area (Å²) in [4.78, 5) is 28.3. The Morgan fingerprint density at radius 1 is 1.17 bits per heavy atom. The summed E-state index contributed by atoms with van der Waals surface area (Å²) in [5, 5.41) is 9.59. The molecule has 0 radical (unpaired) electrons. The van der Waals surface area contributed by atoms with Gasteiger partial charge in [-0.2, -0.15) is 0 Å². The van der Waals surface area contributed by atoms with Gasteiger partial charge in [-0.1, -0.05) is 0 Å². The van der Waals surface area contributed by atoms with Crippen LogP contribution in [0.15, 0.2) is 24.3 Å². The van der Waals surface area contributed by atoms with E-state index in [1.165, 1.54) is 4.90 Å². The van der Waals surface area contributed by atoms with E-state index in [1.54, 1.807) is 24.3 Å². The number of amides is 2. The summed E-state index contributed by atoms with van der Waals surface area (Å²) < 4.78 is 5.38. The maximum Gasteiger partial charge on any atom is 0.251 e. The molecule has 1 aromatic carbocycles. The van der Waals surface area contributed by atoms with Crippen molar-refractivity contribution in [3.63, 3.8) is 0 Å². The van der Waals surface area contributed by atoms with Crippen molar-refractivity contribution in [2.45, 2.75) is 38.3 Å². The Morgan fingerprint density at radius 3 is 2.43 bits per heavy atom. The number of likely N-dealkylation sites (tertiary alicyclic amines) is 1. The van der Waals surface area contributed by atoms with Crippen LogP contribution in [0, 0.1) is 0 Å². The third-order valence-electron chi connectivity index (χ3n) is 4.47. The molecule has 2 fully saturated rings. The van der Waals surface area contributed by atoms with Gasteiger partial charge in [0.15, 0.2) is 0 Å². The SMILES string of the molecule is CCOc1ccc(N2C(=O)CC(N3CCC(O)CC3)C2=O)cc1. The van der Waals surface area contributed by atoms with Gasteiger partial charge in [0.25, 0.3) is 5.91 Å². The second kappa shape index (κ2) is 6.68. The number of aliphatic hydroxyl groups is 1. The highest BCUT2D eigenvalue weighted by Crippen LogP contribution is 2.28. The Bertz CT molecular complexity index is 579. The van der Waals surface area contributed by atoms with E-state index in [1.807, 2.05) is 11.8 Å². The molecule has 2 amide bonds. The van der Waals surface area contributed by atoms with Crippen LogP contribution in [-0.4, -0.2) is 53.7 Å². The fraction of sp³-hybridized carbons (Fsp3) is 0.529. The van der Waals surface area contributed by atoms with E-state index >= 15 is 0 Å². The molecule has 1 atom stereocenters. The van der Waals surface area contributed by atoms with Crippen LogP contribution in [0.5, 0.6) is 5.75 Å². The number of imide groups is 1. The molecule has 2 aliphatic heterocycles. The smallest absolute Gasteiger partial charge is 0.251 e. The number of carbonyl (C=O) groups excluding carboxylic acids is 2. The third-order valence-corrected chi connectivity index (χ3v) is 4.47. The zero-order valence-electron chi connectivity index (χ0n) is 13.3. The summed E-state index contributed by atoms with van der Waals surface area (Å²) in [6, 6.07) is 6.61. The van der Waals surface area contributed by atoms with Crippen LogP contribution in [0.1, 0.15) is 26.2 Å². The van der Waals surface area contributed by atoms with Gasteiger partial charge in [-0.3, -0.25) is 14.5 Å². The molecule has 6 nitrogen and oxygen atoms in total. The Labute approximate surface area is 135 Å². The first-order valence-corrected chi connectivity index (χ1v) is 8.12. The standard InChI is InChI=1S/C17H22N2O4/c1-2-23-14-5-3-12(4-6-14)19-16(21)11-15(17(19)22)18-9-7-13(20)8-10-18/h3-6,13,15,20H,2,7-11H2,1H3. The lowest BCUT2D eigenvalue weighted by molar-refractivity contribution is -0.123. The minimum Gasteiger partial charge on any atom is -0.494 e. The molecule has 0 aliphatic carbocycles. The summed E-state index contributed by atoms with van der Waals surface area (Å²) in [5.41, 5.74) is 0.586. The van der Waals surface area contributed by atoms with E-state index in [0.717, 1.165) is 5.75 Å². The monoisotopic (exact) mass is 318 g/mol. The van der Waals surface area contributed by atoms with Crippen LogP contribution in [0.25, 0.3) is 0 Å². The maximum absolute atomic E-state index is 12.7. The molecule has 3 rings (SSSR count). The molecule has 2 aliphatic rings. The number of rotatable bonds is 4. The Kier molecular flexibility index (Phi) is 4.63. The van der Waals surface area contributed by atoms with E-state index in [-0.39, 0.29) is 24.3 Å². The zero-order valence-corrected chi connectivity index (χ0v) is 13.3. The number of aliphatic hydroxyl groups excluding tert-OH is 1. The van der Waals surface area contributed by atoms with Crippen molar-refractivity contribution in [1.82, 2.24) is 4.90 Å². The Balaban J connectivity index is 1.73. The van der Waals surface area contributed by atoms with E-state index < -0.39 is 6.04 Å². The van der Waals surface area contributed by atoms with Gasteiger partial charge in [-0.25, -0.2) is 4.90 Å². The number of benzene rings is 1. The molecule has 1 aromatic rings. The normalized spacial score (nSPS) is 23.6. The van der Waals surface area contributed by atoms with Crippen molar-refractivity contribution in [1.29, 1.82) is 0 Å². The highest BCUT2D eigenvalue weighted by atomic mass is 16.5. The summed E-state index contributed by atoms with van der Waals surface area (Å²) >= 11 is 0. The topological polar surface area (TPSA) is 70.1 Å². The predicted molar refractivity (Wildman–Crippen MR) is 85.3 cm³/mol. The van der Waals surface area contributed by atoms with E-state index in [9.17, 15) is 14.7 Å². The van der Waals surface area contributed by atoms with Gasteiger partial charge in [-0.15, -0.1) is 0 Å². The lowest BCUT2D eigenvalue weighted by Crippen LogP contribution is -2.46. The maximum atomic E-state index is 12.7. The first kappa shape index (κ1) is 16.0. The number of carbonyl (C=O) groups is 2. The molecule has 6 heteroatoms. The quantitative estimate of drug-likeness (QED) is 0.844. The minimum absolute atomic E-state index is 0.171. The van der Waals surface area contributed by atoms with Crippen LogP contribution >= 0.6 is 0 Å². The van der Waals surface area contributed by atoms with Crippen molar-refractivity contribution in [2.75, 3.05) is 24.6 Å². The molecular weight excluding hydrogens is 296 g/mol. The van der Waals surface area contributed by atoms with Crippen molar-refractivity contribution < 1.29 is 19.4 Å². The minimum atomic E-state index is -0.401. The molecule has 0 bridgehead atoms. The van der Waals surface area contributed by atoms with Crippen LogP contribution in [0.4, 0.5) is 5.69 Å². The van der Waals surface area contributed by atoms with Gasteiger partial charge in [0.05, 0.1) is 30.9 Å². The van der Waals surface area contributed by atoms with Crippen LogP contribution in [0.3, 0.4) is 0 Å². The van der Waals surface area contributed by atoms with Crippen LogP contribution in [0.2, 0.25) is 0 Å². The largest absolute Gasteiger partial charge is 0.494 e. The van der Waals surface area contributed by atoms with Gasteiger partial charge >= 0.3 is 0 Å². The number of nitrogens with zero attached hydrogens (tertiary/aromatic N) is 2. The number of ether oxygens (including phenoxy) is 1. The fourth-order valence-corrected chi connectivity index (χ4v) is 3.23. The highest BCUT2D eigenvalue weighted by molar-refractivity contribution is 6.22. The number of piperidine rings is 1. The Hall–Kier alpha value is -1.92. The lowest BCUT2D eigenvalue weighted by Gasteiger charge is -2.32. The highest BCUT2D eigenvalue weighted by Gasteiger charge is 2.43. The summed E-state index contributed by atoms with van der Waals surface area (Å²) in [7, 11) is 0. The molecule has 124 valence electrons. The first-order valence-electron chi connectivity index (χ1n) is 8.12. The van der Waals surface area contributed by atoms with Gasteiger partial charge in [0, 0.05) is 13.1 Å². The zero-order chi connectivity index (χ0) is 16.4. The van der Waals surface area contributed by atoms with Gasteiger partial charge in [0.2, 0.25) is 5.91 Å². The average molecular weight is 318 g/mol. The summed E-state index contributed by atoms with van der Waals surface area (Å²) in [5.74, 6) is 0.378. The van der Waals surface area contributed by atoms with Crippen LogP contribution < -0.4 is 9.64 Å². The molecule has 0 aromatic heterocycles. The fourth-order valence-electron chi connectivity index (χ4n) is 3.23. The van der Waals surface area contributed by atoms with Crippen molar-refractivity contribution in [2.24, 2.45) is 0 Å². The van der Waals surface area contributed by atoms with Crippen LogP contribution in [-0.2, 0) is 9.59 Å². The molecule has 1 N–H and O–H groups in total. The van der Waals surface area contributed by atoms with Gasteiger partial charge in [-0.05, 0) is 44.0 Å². The van der Waals surface area contributed by atoms with E-state index in [2.05, 4.69) is 0 Å². The van der Waals surface area contributed by atoms with Crippen molar-refractivity contribution in [3.05, 3.63) is 24.3 Å². The predicted octanol–water partition coefficient (Wildman–Crippen LogP) is 1.17.